The fourth-order valence-corrected chi connectivity index (χ4v) is 2.67. The lowest BCUT2D eigenvalue weighted by molar-refractivity contribution is 0.0941. The molecule has 0 bridgehead atoms. The first kappa shape index (κ1) is 12.0. The maximum absolute atomic E-state index is 12.3. The second kappa shape index (κ2) is 4.59. The van der Waals surface area contributed by atoms with E-state index in [2.05, 4.69) is 9.97 Å². The first-order valence-electron chi connectivity index (χ1n) is 6.07. The van der Waals surface area contributed by atoms with Gasteiger partial charge in [-0.2, -0.15) is 0 Å². The summed E-state index contributed by atoms with van der Waals surface area (Å²) >= 11 is 1.52. The van der Waals surface area contributed by atoms with Gasteiger partial charge in [0.25, 0.3) is 0 Å². The van der Waals surface area contributed by atoms with E-state index in [-0.39, 0.29) is 11.7 Å². The Labute approximate surface area is 114 Å². The fraction of sp³-hybridized carbons (Fsp3) is 0.214. The Hall–Kier alpha value is -2.01. The van der Waals surface area contributed by atoms with Gasteiger partial charge in [0.2, 0.25) is 0 Å². The third kappa shape index (κ3) is 1.96. The van der Waals surface area contributed by atoms with Gasteiger partial charge in [0.1, 0.15) is 10.6 Å². The molecule has 0 atom stereocenters. The zero-order valence-corrected chi connectivity index (χ0v) is 11.5. The average molecular weight is 271 g/mol. The molecule has 5 heteroatoms. The molecule has 0 fully saturated rings. The van der Waals surface area contributed by atoms with Gasteiger partial charge in [-0.05, 0) is 12.1 Å². The number of thiazole rings is 1. The van der Waals surface area contributed by atoms with Crippen molar-refractivity contribution in [2.45, 2.75) is 13.8 Å². The lowest BCUT2D eigenvalue weighted by atomic mass is 10.0. The molecule has 3 rings (SSSR count). The van der Waals surface area contributed by atoms with Crippen LogP contribution in [0.3, 0.4) is 0 Å². The summed E-state index contributed by atoms with van der Waals surface area (Å²) in [4.78, 5) is 20.8. The minimum absolute atomic E-state index is 0.0271. The zero-order chi connectivity index (χ0) is 13.4. The van der Waals surface area contributed by atoms with Gasteiger partial charge in [0.05, 0.1) is 11.7 Å². The predicted octanol–water partition coefficient (Wildman–Crippen LogP) is 3.32. The van der Waals surface area contributed by atoms with Gasteiger partial charge in [-0.1, -0.05) is 13.8 Å². The topological polar surface area (TPSA) is 47.8 Å². The molecule has 19 heavy (non-hydrogen) atoms. The van der Waals surface area contributed by atoms with Gasteiger partial charge in [0, 0.05) is 29.3 Å². The number of aromatic nitrogens is 3. The number of carbonyl (C=O) groups excluding carboxylic acids is 1. The quantitative estimate of drug-likeness (QED) is 0.686. The molecule has 3 aromatic heterocycles. The molecular weight excluding hydrogens is 258 g/mol. The monoisotopic (exact) mass is 271 g/mol. The minimum atomic E-state index is -0.0271. The van der Waals surface area contributed by atoms with Crippen LogP contribution in [0.5, 0.6) is 0 Å². The molecule has 96 valence electrons. The molecule has 0 saturated heterocycles. The molecule has 0 aromatic carbocycles. The van der Waals surface area contributed by atoms with Crippen LogP contribution >= 0.6 is 11.3 Å². The molecule has 4 nitrogen and oxygen atoms in total. The molecule has 0 unspecified atom stereocenters. The summed E-state index contributed by atoms with van der Waals surface area (Å²) in [6.07, 6.45) is 5.39. The Bertz CT molecular complexity index is 728. The SMILES string of the molecule is CC(C)C(=O)c1cn(-c2cncs2)c2ncccc12. The van der Waals surface area contributed by atoms with Crippen LogP contribution in [0.15, 0.2) is 36.2 Å². The molecule has 0 N–H and O–H groups in total. The van der Waals surface area contributed by atoms with Crippen molar-refractivity contribution in [2.24, 2.45) is 5.92 Å². The lowest BCUT2D eigenvalue weighted by Crippen LogP contribution is -2.06. The molecule has 0 amide bonds. The van der Waals surface area contributed by atoms with Crippen LogP contribution in [0.4, 0.5) is 0 Å². The van der Waals surface area contributed by atoms with Crippen molar-refractivity contribution in [3.05, 3.63) is 41.8 Å². The molecule has 0 aliphatic heterocycles. The molecule has 0 aliphatic carbocycles. The average Bonchev–Trinajstić information content (AvgIpc) is 3.04. The maximum atomic E-state index is 12.3. The summed E-state index contributed by atoms with van der Waals surface area (Å²) in [6, 6.07) is 3.80. The van der Waals surface area contributed by atoms with Crippen LogP contribution in [0, 0.1) is 5.92 Å². The molecule has 0 spiro atoms. The van der Waals surface area contributed by atoms with Gasteiger partial charge in [0.15, 0.2) is 5.78 Å². The van der Waals surface area contributed by atoms with Crippen molar-refractivity contribution in [3.8, 4) is 5.00 Å². The van der Waals surface area contributed by atoms with Crippen molar-refractivity contribution >= 4 is 28.2 Å². The third-order valence-electron chi connectivity index (χ3n) is 3.01. The van der Waals surface area contributed by atoms with E-state index < -0.39 is 0 Å². The number of ketones is 1. The number of pyridine rings is 1. The smallest absolute Gasteiger partial charge is 0.167 e. The van der Waals surface area contributed by atoms with Crippen LogP contribution in [-0.4, -0.2) is 20.3 Å². The van der Waals surface area contributed by atoms with E-state index in [0.717, 1.165) is 21.6 Å². The van der Waals surface area contributed by atoms with Gasteiger partial charge < -0.3 is 0 Å². The summed E-state index contributed by atoms with van der Waals surface area (Å²) in [5.41, 5.74) is 3.30. The van der Waals surface area contributed by atoms with E-state index in [1.165, 1.54) is 11.3 Å². The van der Waals surface area contributed by atoms with Crippen molar-refractivity contribution in [3.63, 3.8) is 0 Å². The number of hydrogen-bond acceptors (Lipinski definition) is 4. The van der Waals surface area contributed by atoms with Gasteiger partial charge >= 0.3 is 0 Å². The third-order valence-corrected chi connectivity index (χ3v) is 3.78. The number of Topliss-reactive ketones (excluding diaryl/α,β-unsaturated/α-hetero) is 1. The predicted molar refractivity (Wildman–Crippen MR) is 75.9 cm³/mol. The Balaban J connectivity index is 2.28. The van der Waals surface area contributed by atoms with Crippen LogP contribution in [0.25, 0.3) is 16.0 Å². The van der Waals surface area contributed by atoms with E-state index in [4.69, 9.17) is 0 Å². The number of rotatable bonds is 3. The fourth-order valence-electron chi connectivity index (χ4n) is 2.06. The van der Waals surface area contributed by atoms with E-state index >= 15 is 0 Å². The van der Waals surface area contributed by atoms with Crippen molar-refractivity contribution in [2.75, 3.05) is 0 Å². The van der Waals surface area contributed by atoms with Crippen molar-refractivity contribution in [1.82, 2.24) is 14.5 Å². The molecule has 0 radical (unpaired) electrons. The van der Waals surface area contributed by atoms with Crippen molar-refractivity contribution < 1.29 is 4.79 Å². The van der Waals surface area contributed by atoms with Gasteiger partial charge in [-0.25, -0.2) is 4.98 Å². The van der Waals surface area contributed by atoms with Crippen molar-refractivity contribution in [1.29, 1.82) is 0 Å². The van der Waals surface area contributed by atoms with E-state index in [1.54, 1.807) is 17.9 Å². The highest BCUT2D eigenvalue weighted by atomic mass is 32.1. The second-order valence-electron chi connectivity index (χ2n) is 4.65. The van der Waals surface area contributed by atoms with Crippen LogP contribution < -0.4 is 0 Å². The first-order chi connectivity index (χ1) is 9.18. The molecule has 3 aromatic rings. The highest BCUT2D eigenvalue weighted by Crippen LogP contribution is 2.26. The standard InChI is InChI=1S/C14H13N3OS/c1-9(2)13(18)11-7-17(12-6-15-8-19-12)14-10(11)4-3-5-16-14/h3-9H,1-2H3. The number of hydrogen-bond donors (Lipinski definition) is 0. The summed E-state index contributed by atoms with van der Waals surface area (Å²) in [5.74, 6) is 0.113. The van der Waals surface area contributed by atoms with Gasteiger partial charge in [-0.15, -0.1) is 11.3 Å². The Kier molecular flexibility index (Phi) is 2.91. The van der Waals surface area contributed by atoms with Crippen LogP contribution in [0.2, 0.25) is 0 Å². The summed E-state index contributed by atoms with van der Waals surface area (Å²) in [6.45, 7) is 3.82. The Morgan fingerprint density at radius 1 is 1.42 bits per heavy atom. The van der Waals surface area contributed by atoms with Gasteiger partial charge in [-0.3, -0.25) is 14.3 Å². The molecule has 0 saturated carbocycles. The largest absolute Gasteiger partial charge is 0.294 e. The summed E-state index contributed by atoms with van der Waals surface area (Å²) in [5, 5.41) is 1.86. The number of fused-ring (bicyclic) bond motifs is 1. The normalized spacial score (nSPS) is 11.3. The van der Waals surface area contributed by atoms with Crippen LogP contribution in [-0.2, 0) is 0 Å². The zero-order valence-electron chi connectivity index (χ0n) is 10.7. The molecule has 3 heterocycles. The first-order valence-corrected chi connectivity index (χ1v) is 6.95. The Morgan fingerprint density at radius 3 is 2.95 bits per heavy atom. The highest BCUT2D eigenvalue weighted by Gasteiger charge is 2.19. The highest BCUT2D eigenvalue weighted by molar-refractivity contribution is 7.12. The number of nitrogens with zero attached hydrogens (tertiary/aromatic N) is 3. The lowest BCUT2D eigenvalue weighted by Gasteiger charge is -2.01. The van der Waals surface area contributed by atoms with E-state index in [1.807, 2.05) is 36.7 Å². The molecular formula is C14H13N3OS. The van der Waals surface area contributed by atoms with E-state index in [0.29, 0.717) is 0 Å². The number of carbonyl (C=O) groups is 1. The Morgan fingerprint density at radius 2 is 2.26 bits per heavy atom. The van der Waals surface area contributed by atoms with E-state index in [9.17, 15) is 4.79 Å². The minimum Gasteiger partial charge on any atom is -0.294 e. The van der Waals surface area contributed by atoms with Crippen LogP contribution in [0.1, 0.15) is 24.2 Å². The summed E-state index contributed by atoms with van der Waals surface area (Å²) < 4.78 is 1.93. The molecule has 0 aliphatic rings. The maximum Gasteiger partial charge on any atom is 0.167 e. The second-order valence-corrected chi connectivity index (χ2v) is 5.51. The summed E-state index contributed by atoms with van der Waals surface area (Å²) in [7, 11) is 0.